The summed E-state index contributed by atoms with van der Waals surface area (Å²) in [5.74, 6) is -0.0991. The number of hydrogen-bond acceptors (Lipinski definition) is 4. The second-order valence-electron chi connectivity index (χ2n) is 3.75. The van der Waals surface area contributed by atoms with Crippen LogP contribution in [-0.4, -0.2) is 28.6 Å². The maximum Gasteiger partial charge on any atom is 0.226 e. The zero-order valence-corrected chi connectivity index (χ0v) is 9.31. The molecule has 0 spiro atoms. The van der Waals surface area contributed by atoms with E-state index in [0.29, 0.717) is 24.3 Å². The van der Waals surface area contributed by atoms with E-state index in [4.69, 9.17) is 10.8 Å². The van der Waals surface area contributed by atoms with E-state index < -0.39 is 6.10 Å². The number of nitrogens with zero attached hydrogens (tertiary/aromatic N) is 1. The zero-order valence-electron chi connectivity index (χ0n) is 9.31. The number of nitrogens with two attached hydrogens (primary N) is 1. The van der Waals surface area contributed by atoms with Gasteiger partial charge in [-0.05, 0) is 25.5 Å². The number of carbonyl (C=O) groups is 1. The minimum absolute atomic E-state index is 0.0991. The van der Waals surface area contributed by atoms with Gasteiger partial charge in [-0.15, -0.1) is 0 Å². The summed E-state index contributed by atoms with van der Waals surface area (Å²) in [5.41, 5.74) is 6.75. The topological polar surface area (TPSA) is 88.2 Å². The first-order valence-electron chi connectivity index (χ1n) is 5.23. The molecule has 1 atom stereocenters. The number of carbonyl (C=O) groups excluding carboxylic acids is 1. The Labute approximate surface area is 94.7 Å². The van der Waals surface area contributed by atoms with Crippen LogP contribution < -0.4 is 11.1 Å². The molecule has 0 aromatic carbocycles. The van der Waals surface area contributed by atoms with Gasteiger partial charge in [-0.1, -0.05) is 0 Å². The molecular formula is C11H17N3O2. The molecule has 5 nitrogen and oxygen atoms in total. The highest BCUT2D eigenvalue weighted by Crippen LogP contribution is 2.01. The van der Waals surface area contributed by atoms with Crippen LogP contribution >= 0.6 is 0 Å². The first-order chi connectivity index (χ1) is 7.58. The Balaban J connectivity index is 2.31. The lowest BCUT2D eigenvalue weighted by Gasteiger charge is -2.06. The Bertz CT molecular complexity index is 336. The van der Waals surface area contributed by atoms with Crippen molar-refractivity contribution in [3.05, 3.63) is 24.0 Å². The predicted molar refractivity (Wildman–Crippen MR) is 61.7 cm³/mol. The number of aromatic nitrogens is 1. The third-order valence-corrected chi connectivity index (χ3v) is 2.07. The number of rotatable bonds is 5. The molecule has 1 amide bonds. The third kappa shape index (κ3) is 4.75. The summed E-state index contributed by atoms with van der Waals surface area (Å²) in [6, 6.07) is 3.44. The lowest BCUT2D eigenvalue weighted by atomic mass is 10.2. The Morgan fingerprint density at radius 3 is 2.94 bits per heavy atom. The van der Waals surface area contributed by atoms with E-state index in [-0.39, 0.29) is 12.3 Å². The molecule has 5 heteroatoms. The Morgan fingerprint density at radius 1 is 1.62 bits per heavy atom. The lowest BCUT2D eigenvalue weighted by Crippen LogP contribution is -2.28. The number of nitrogen functional groups attached to an aromatic ring is 1. The highest BCUT2D eigenvalue weighted by Gasteiger charge is 2.04. The number of aliphatic hydroxyl groups is 1. The van der Waals surface area contributed by atoms with Gasteiger partial charge in [0, 0.05) is 12.2 Å². The molecule has 0 saturated heterocycles. The van der Waals surface area contributed by atoms with Gasteiger partial charge in [0.05, 0.1) is 24.4 Å². The van der Waals surface area contributed by atoms with E-state index in [1.54, 1.807) is 19.1 Å². The average molecular weight is 223 g/mol. The van der Waals surface area contributed by atoms with Gasteiger partial charge in [0.25, 0.3) is 0 Å². The van der Waals surface area contributed by atoms with E-state index >= 15 is 0 Å². The molecule has 0 bridgehead atoms. The fourth-order valence-corrected chi connectivity index (χ4v) is 1.19. The van der Waals surface area contributed by atoms with Crippen LogP contribution in [0.3, 0.4) is 0 Å². The SMILES string of the molecule is CC(O)CCNC(=O)Cc1ccc(N)cn1. The minimum Gasteiger partial charge on any atom is -0.397 e. The van der Waals surface area contributed by atoms with Crippen molar-refractivity contribution in [2.24, 2.45) is 0 Å². The molecular weight excluding hydrogens is 206 g/mol. The third-order valence-electron chi connectivity index (χ3n) is 2.07. The number of hydrogen-bond donors (Lipinski definition) is 3. The number of aliphatic hydroxyl groups excluding tert-OH is 1. The van der Waals surface area contributed by atoms with Gasteiger partial charge in [0.15, 0.2) is 0 Å². The Hall–Kier alpha value is -1.62. The number of pyridine rings is 1. The predicted octanol–water partition coefficient (Wildman–Crippen LogP) is 0.0934. The van der Waals surface area contributed by atoms with Gasteiger partial charge < -0.3 is 16.2 Å². The maximum atomic E-state index is 11.4. The molecule has 0 aliphatic carbocycles. The van der Waals surface area contributed by atoms with Crippen LogP contribution in [0, 0.1) is 0 Å². The van der Waals surface area contributed by atoms with Crippen LogP contribution in [0.4, 0.5) is 5.69 Å². The van der Waals surface area contributed by atoms with Gasteiger partial charge in [0.1, 0.15) is 0 Å². The standard InChI is InChI=1S/C11H17N3O2/c1-8(15)4-5-13-11(16)6-10-3-2-9(12)7-14-10/h2-3,7-8,15H,4-6,12H2,1H3,(H,13,16). The van der Waals surface area contributed by atoms with Gasteiger partial charge in [0.2, 0.25) is 5.91 Å². The number of nitrogens with one attached hydrogen (secondary N) is 1. The van der Waals surface area contributed by atoms with Crippen molar-refractivity contribution < 1.29 is 9.90 Å². The largest absolute Gasteiger partial charge is 0.397 e. The summed E-state index contributed by atoms with van der Waals surface area (Å²) in [4.78, 5) is 15.4. The summed E-state index contributed by atoms with van der Waals surface area (Å²) in [7, 11) is 0. The minimum atomic E-state index is -0.394. The quantitative estimate of drug-likeness (QED) is 0.660. The van der Waals surface area contributed by atoms with Crippen LogP contribution in [0.2, 0.25) is 0 Å². The molecule has 1 unspecified atom stereocenters. The summed E-state index contributed by atoms with van der Waals surface area (Å²) < 4.78 is 0. The van der Waals surface area contributed by atoms with Crippen molar-refractivity contribution >= 4 is 11.6 Å². The van der Waals surface area contributed by atoms with Crippen molar-refractivity contribution in [1.82, 2.24) is 10.3 Å². The van der Waals surface area contributed by atoms with Gasteiger partial charge in [-0.2, -0.15) is 0 Å². The fourth-order valence-electron chi connectivity index (χ4n) is 1.19. The summed E-state index contributed by atoms with van der Waals surface area (Å²) in [5, 5.41) is 11.7. The second-order valence-corrected chi connectivity index (χ2v) is 3.75. The first kappa shape index (κ1) is 12.4. The van der Waals surface area contributed by atoms with Crippen molar-refractivity contribution in [2.45, 2.75) is 25.9 Å². The number of amides is 1. The zero-order chi connectivity index (χ0) is 12.0. The first-order valence-corrected chi connectivity index (χ1v) is 5.23. The van der Waals surface area contributed by atoms with Crippen molar-refractivity contribution in [3.8, 4) is 0 Å². The maximum absolute atomic E-state index is 11.4. The summed E-state index contributed by atoms with van der Waals surface area (Å²) >= 11 is 0. The van der Waals surface area contributed by atoms with Crippen LogP contribution in [0.5, 0.6) is 0 Å². The monoisotopic (exact) mass is 223 g/mol. The van der Waals surface area contributed by atoms with E-state index in [9.17, 15) is 4.79 Å². The molecule has 1 aromatic rings. The van der Waals surface area contributed by atoms with Crippen LogP contribution in [0.25, 0.3) is 0 Å². The number of anilines is 1. The van der Waals surface area contributed by atoms with Gasteiger partial charge in [-0.3, -0.25) is 9.78 Å². The second kappa shape index (κ2) is 6.07. The van der Waals surface area contributed by atoms with Crippen molar-refractivity contribution in [2.75, 3.05) is 12.3 Å². The summed E-state index contributed by atoms with van der Waals surface area (Å²) in [6.07, 6.45) is 1.93. The average Bonchev–Trinajstić information content (AvgIpc) is 2.21. The van der Waals surface area contributed by atoms with Gasteiger partial charge in [-0.25, -0.2) is 0 Å². The van der Waals surface area contributed by atoms with Crippen LogP contribution in [0.15, 0.2) is 18.3 Å². The molecule has 0 aliphatic heterocycles. The van der Waals surface area contributed by atoms with E-state index in [0.717, 1.165) is 0 Å². The molecule has 0 saturated carbocycles. The molecule has 1 aromatic heterocycles. The van der Waals surface area contributed by atoms with Crippen molar-refractivity contribution in [3.63, 3.8) is 0 Å². The van der Waals surface area contributed by atoms with Crippen LogP contribution in [-0.2, 0) is 11.2 Å². The van der Waals surface area contributed by atoms with E-state index in [1.807, 2.05) is 0 Å². The van der Waals surface area contributed by atoms with E-state index in [1.165, 1.54) is 6.20 Å². The van der Waals surface area contributed by atoms with E-state index in [2.05, 4.69) is 10.3 Å². The lowest BCUT2D eigenvalue weighted by molar-refractivity contribution is -0.120. The normalized spacial score (nSPS) is 12.1. The van der Waals surface area contributed by atoms with Crippen LogP contribution in [0.1, 0.15) is 19.0 Å². The smallest absolute Gasteiger partial charge is 0.226 e. The molecule has 1 rings (SSSR count). The molecule has 1 heterocycles. The Morgan fingerprint density at radius 2 is 2.38 bits per heavy atom. The Kier molecular flexibility index (Phi) is 4.72. The molecule has 0 aliphatic rings. The molecule has 0 fully saturated rings. The molecule has 0 radical (unpaired) electrons. The van der Waals surface area contributed by atoms with Gasteiger partial charge >= 0.3 is 0 Å². The van der Waals surface area contributed by atoms with Crippen molar-refractivity contribution in [1.29, 1.82) is 0 Å². The highest BCUT2D eigenvalue weighted by molar-refractivity contribution is 5.78. The highest BCUT2D eigenvalue weighted by atomic mass is 16.3. The fraction of sp³-hybridized carbons (Fsp3) is 0.455. The molecule has 4 N–H and O–H groups in total. The summed E-state index contributed by atoms with van der Waals surface area (Å²) in [6.45, 7) is 2.17. The molecule has 16 heavy (non-hydrogen) atoms. The molecule has 88 valence electrons.